The normalized spacial score (nSPS) is 17.5. The number of carbonyl (C=O) groups excluding carboxylic acids is 2. The number of aromatic nitrogens is 2. The van der Waals surface area contributed by atoms with E-state index < -0.39 is 0 Å². The Bertz CT molecular complexity index is 910. The molecule has 1 aliphatic carbocycles. The third-order valence-corrected chi connectivity index (χ3v) is 6.26. The third-order valence-electron chi connectivity index (χ3n) is 6.26. The highest BCUT2D eigenvalue weighted by Gasteiger charge is 2.27. The Morgan fingerprint density at radius 2 is 1.84 bits per heavy atom. The number of anilines is 1. The maximum atomic E-state index is 12.4. The van der Waals surface area contributed by atoms with Crippen LogP contribution in [0.5, 0.6) is 0 Å². The van der Waals surface area contributed by atoms with Gasteiger partial charge in [-0.2, -0.15) is 0 Å². The Hall–Kier alpha value is -2.96. The standard InChI is InChI=1S/C24H30N4O3/c1-17(20-8-7-18-5-2-3-6-21(18)15-20)27-22(29)16-31-23(30)19-9-13-28(14-10-19)24-25-11-4-12-26-24/h4,7-8,11-12,15,17,19H,2-3,5-6,9-10,13-14,16H2,1H3,(H,27,29). The molecule has 2 aromatic rings. The van der Waals surface area contributed by atoms with Crippen molar-refractivity contribution in [2.24, 2.45) is 5.92 Å². The van der Waals surface area contributed by atoms with Crippen LogP contribution in [-0.4, -0.2) is 41.5 Å². The predicted molar refractivity (Wildman–Crippen MR) is 118 cm³/mol. The van der Waals surface area contributed by atoms with Crippen LogP contribution in [0.4, 0.5) is 5.95 Å². The van der Waals surface area contributed by atoms with Crippen molar-refractivity contribution in [3.63, 3.8) is 0 Å². The first-order valence-corrected chi connectivity index (χ1v) is 11.2. The topological polar surface area (TPSA) is 84.4 Å². The number of hydrogen-bond donors (Lipinski definition) is 1. The van der Waals surface area contributed by atoms with Crippen LogP contribution in [0.1, 0.15) is 55.3 Å². The SMILES string of the molecule is CC(NC(=O)COC(=O)C1CCN(c2ncccn2)CC1)c1ccc2c(c1)CCCC2. The number of carbonyl (C=O) groups is 2. The molecular formula is C24H30N4O3. The second kappa shape index (κ2) is 9.90. The minimum absolute atomic E-state index is 0.118. The molecule has 0 radical (unpaired) electrons. The van der Waals surface area contributed by atoms with Crippen LogP contribution >= 0.6 is 0 Å². The monoisotopic (exact) mass is 422 g/mol. The predicted octanol–water partition coefficient (Wildman–Crippen LogP) is 2.99. The number of aryl methyl sites for hydroxylation is 2. The molecule has 164 valence electrons. The Labute approximate surface area is 183 Å². The van der Waals surface area contributed by atoms with Gasteiger partial charge >= 0.3 is 5.97 Å². The van der Waals surface area contributed by atoms with E-state index in [-0.39, 0.29) is 30.4 Å². The van der Waals surface area contributed by atoms with E-state index in [1.165, 1.54) is 24.0 Å². The van der Waals surface area contributed by atoms with Crippen molar-refractivity contribution in [3.05, 3.63) is 53.3 Å². The zero-order valence-electron chi connectivity index (χ0n) is 18.0. The summed E-state index contributed by atoms with van der Waals surface area (Å²) in [5, 5.41) is 2.95. The molecule has 1 atom stereocenters. The molecule has 0 spiro atoms. The molecule has 2 heterocycles. The third kappa shape index (κ3) is 5.40. The van der Waals surface area contributed by atoms with E-state index in [0.29, 0.717) is 31.9 Å². The molecule has 7 nitrogen and oxygen atoms in total. The van der Waals surface area contributed by atoms with E-state index in [9.17, 15) is 9.59 Å². The lowest BCUT2D eigenvalue weighted by atomic mass is 9.89. The number of benzene rings is 1. The number of piperidine rings is 1. The number of nitrogens with one attached hydrogen (secondary N) is 1. The fraction of sp³-hybridized carbons (Fsp3) is 0.500. The van der Waals surface area contributed by atoms with Gasteiger partial charge < -0.3 is 15.0 Å². The summed E-state index contributed by atoms with van der Waals surface area (Å²) in [4.78, 5) is 35.3. The van der Waals surface area contributed by atoms with Crippen molar-refractivity contribution in [3.8, 4) is 0 Å². The van der Waals surface area contributed by atoms with Gasteiger partial charge in [-0.25, -0.2) is 9.97 Å². The Balaban J connectivity index is 1.21. The van der Waals surface area contributed by atoms with Gasteiger partial charge in [-0.1, -0.05) is 18.2 Å². The number of nitrogens with zero attached hydrogens (tertiary/aromatic N) is 3. The first-order valence-electron chi connectivity index (χ1n) is 11.2. The van der Waals surface area contributed by atoms with E-state index >= 15 is 0 Å². The lowest BCUT2D eigenvalue weighted by molar-refractivity contribution is -0.153. The van der Waals surface area contributed by atoms with Gasteiger partial charge in [0.05, 0.1) is 12.0 Å². The molecule has 1 fully saturated rings. The molecule has 1 aromatic heterocycles. The molecular weight excluding hydrogens is 392 g/mol. The molecule has 7 heteroatoms. The van der Waals surface area contributed by atoms with Gasteiger partial charge in [0.1, 0.15) is 0 Å². The summed E-state index contributed by atoms with van der Waals surface area (Å²) in [6.45, 7) is 3.12. The summed E-state index contributed by atoms with van der Waals surface area (Å²) in [7, 11) is 0. The van der Waals surface area contributed by atoms with E-state index in [1.54, 1.807) is 18.5 Å². The van der Waals surface area contributed by atoms with E-state index in [2.05, 4.69) is 38.4 Å². The minimum atomic E-state index is -0.301. The maximum Gasteiger partial charge on any atom is 0.309 e. The largest absolute Gasteiger partial charge is 0.455 e. The molecule has 1 amide bonds. The number of amides is 1. The van der Waals surface area contributed by atoms with Gasteiger partial charge in [0, 0.05) is 25.5 Å². The second-order valence-corrected chi connectivity index (χ2v) is 8.44. The van der Waals surface area contributed by atoms with Crippen LogP contribution in [0.15, 0.2) is 36.7 Å². The highest BCUT2D eigenvalue weighted by atomic mass is 16.5. The fourth-order valence-corrected chi connectivity index (χ4v) is 4.41. The van der Waals surface area contributed by atoms with E-state index in [4.69, 9.17) is 4.74 Å². The van der Waals surface area contributed by atoms with Gasteiger partial charge in [0.2, 0.25) is 5.95 Å². The van der Waals surface area contributed by atoms with Crippen LogP contribution in [0.2, 0.25) is 0 Å². The van der Waals surface area contributed by atoms with Gasteiger partial charge in [-0.15, -0.1) is 0 Å². The fourth-order valence-electron chi connectivity index (χ4n) is 4.41. The van der Waals surface area contributed by atoms with Crippen LogP contribution < -0.4 is 10.2 Å². The number of hydrogen-bond acceptors (Lipinski definition) is 6. The van der Waals surface area contributed by atoms with Crippen molar-refractivity contribution < 1.29 is 14.3 Å². The van der Waals surface area contributed by atoms with Crippen LogP contribution in [0, 0.1) is 5.92 Å². The first kappa shape index (κ1) is 21.3. The Morgan fingerprint density at radius 1 is 1.13 bits per heavy atom. The summed E-state index contributed by atoms with van der Waals surface area (Å²) in [6.07, 6.45) is 9.50. The van der Waals surface area contributed by atoms with Crippen molar-refractivity contribution in [2.45, 2.75) is 51.5 Å². The van der Waals surface area contributed by atoms with Crippen molar-refractivity contribution in [1.29, 1.82) is 0 Å². The molecule has 2 aliphatic rings. The molecule has 0 saturated carbocycles. The highest BCUT2D eigenvalue weighted by Crippen LogP contribution is 2.25. The quantitative estimate of drug-likeness (QED) is 0.721. The molecule has 1 unspecified atom stereocenters. The van der Waals surface area contributed by atoms with E-state index in [1.807, 2.05) is 6.92 Å². The first-order chi connectivity index (χ1) is 15.1. The van der Waals surface area contributed by atoms with Crippen LogP contribution in [0.3, 0.4) is 0 Å². The van der Waals surface area contributed by atoms with Gasteiger partial charge in [0.15, 0.2) is 6.61 Å². The second-order valence-electron chi connectivity index (χ2n) is 8.44. The number of ether oxygens (including phenoxy) is 1. The zero-order chi connectivity index (χ0) is 21.6. The Kier molecular flexibility index (Phi) is 6.79. The van der Waals surface area contributed by atoms with E-state index in [0.717, 1.165) is 18.4 Å². The molecule has 1 aromatic carbocycles. The van der Waals surface area contributed by atoms with Crippen LogP contribution in [0.25, 0.3) is 0 Å². The summed E-state index contributed by atoms with van der Waals surface area (Å²) < 4.78 is 5.31. The summed E-state index contributed by atoms with van der Waals surface area (Å²) in [5.41, 5.74) is 3.91. The Morgan fingerprint density at radius 3 is 2.58 bits per heavy atom. The summed E-state index contributed by atoms with van der Waals surface area (Å²) in [5.74, 6) is -0.0744. The highest BCUT2D eigenvalue weighted by molar-refractivity contribution is 5.81. The van der Waals surface area contributed by atoms with Gasteiger partial charge in [-0.05, 0) is 68.2 Å². The average Bonchev–Trinajstić information content (AvgIpc) is 2.83. The maximum absolute atomic E-state index is 12.4. The molecule has 0 bridgehead atoms. The number of esters is 1. The average molecular weight is 423 g/mol. The molecule has 4 rings (SSSR count). The summed E-state index contributed by atoms with van der Waals surface area (Å²) in [6, 6.07) is 8.14. The van der Waals surface area contributed by atoms with Gasteiger partial charge in [0.25, 0.3) is 5.91 Å². The smallest absolute Gasteiger partial charge is 0.309 e. The summed E-state index contributed by atoms with van der Waals surface area (Å²) >= 11 is 0. The lowest BCUT2D eigenvalue weighted by Gasteiger charge is -2.30. The molecule has 1 aliphatic heterocycles. The van der Waals surface area contributed by atoms with Gasteiger partial charge in [-0.3, -0.25) is 9.59 Å². The molecule has 31 heavy (non-hydrogen) atoms. The lowest BCUT2D eigenvalue weighted by Crippen LogP contribution is -2.39. The van der Waals surface area contributed by atoms with Crippen molar-refractivity contribution in [1.82, 2.24) is 15.3 Å². The minimum Gasteiger partial charge on any atom is -0.455 e. The number of fused-ring (bicyclic) bond motifs is 1. The van der Waals surface area contributed by atoms with Crippen molar-refractivity contribution in [2.75, 3.05) is 24.6 Å². The molecule has 1 N–H and O–H groups in total. The van der Waals surface area contributed by atoms with Crippen LogP contribution in [-0.2, 0) is 27.2 Å². The van der Waals surface area contributed by atoms with Crippen molar-refractivity contribution >= 4 is 17.8 Å². The molecule has 1 saturated heterocycles. The number of rotatable bonds is 6. The zero-order valence-corrected chi connectivity index (χ0v) is 18.0.